The van der Waals surface area contributed by atoms with E-state index in [4.69, 9.17) is 9.97 Å². The van der Waals surface area contributed by atoms with Crippen molar-refractivity contribution in [3.05, 3.63) is 206 Å². The number of hydrogen-bond acceptors (Lipinski definition) is 2. The largest absolute Gasteiger partial charge is 0.228 e. The first-order valence-electron chi connectivity index (χ1n) is 19.6. The van der Waals surface area contributed by atoms with Gasteiger partial charge in [-0.05, 0) is 108 Å². The molecule has 1 aromatic heterocycles. The van der Waals surface area contributed by atoms with Gasteiger partial charge in [-0.2, -0.15) is 0 Å². The van der Waals surface area contributed by atoms with E-state index in [1.54, 1.807) is 0 Å². The van der Waals surface area contributed by atoms with Crippen LogP contribution in [0.3, 0.4) is 0 Å². The second-order valence-corrected chi connectivity index (χ2v) is 19.7. The molecule has 0 atom stereocenters. The summed E-state index contributed by atoms with van der Waals surface area (Å²) in [5.74, 6) is 0.747. The van der Waals surface area contributed by atoms with Crippen molar-refractivity contribution in [3.8, 4) is 89.5 Å². The van der Waals surface area contributed by atoms with Crippen LogP contribution >= 0.6 is 0 Å². The predicted octanol–water partition coefficient (Wildman–Crippen LogP) is 12.9. The van der Waals surface area contributed by atoms with E-state index in [2.05, 4.69) is 219 Å². The highest BCUT2D eigenvalue weighted by Crippen LogP contribution is 2.37. The third kappa shape index (κ3) is 6.42. The third-order valence-electron chi connectivity index (χ3n) is 11.4. The number of rotatable bonds is 7. The molecule has 8 aromatic carbocycles. The summed E-state index contributed by atoms with van der Waals surface area (Å²) in [5, 5.41) is 2.73. The van der Waals surface area contributed by atoms with Crippen molar-refractivity contribution in [1.29, 1.82) is 0 Å². The first-order chi connectivity index (χ1) is 28.0. The summed E-state index contributed by atoms with van der Waals surface area (Å²) >= 11 is 0. The Hall–Kier alpha value is -6.94. The van der Waals surface area contributed by atoms with E-state index in [1.165, 1.54) is 60.4 Å². The SMILES string of the molecule is C[Si]1(C)c2ccccc2-c2nc(-c3cccc(-c4cccc(-c5cc(-c6ccccc6)cc(-c6ccccc6)c5)c4)c3)nc(-c3cccc(-c4ccccc4)c3)c21. The fourth-order valence-corrected chi connectivity index (χ4v) is 11.8. The maximum atomic E-state index is 5.50. The Balaban J connectivity index is 1.09. The molecular formula is C54H40N2Si. The van der Waals surface area contributed by atoms with Gasteiger partial charge >= 0.3 is 0 Å². The number of aromatic nitrogens is 2. The van der Waals surface area contributed by atoms with Crippen molar-refractivity contribution in [2.45, 2.75) is 13.1 Å². The lowest BCUT2D eigenvalue weighted by molar-refractivity contribution is 1.20. The van der Waals surface area contributed by atoms with Crippen LogP contribution in [0.5, 0.6) is 0 Å². The highest BCUT2D eigenvalue weighted by molar-refractivity contribution is 7.04. The second kappa shape index (κ2) is 14.3. The summed E-state index contributed by atoms with van der Waals surface area (Å²) in [7, 11) is -2.11. The van der Waals surface area contributed by atoms with Gasteiger partial charge in [0.25, 0.3) is 0 Å². The Morgan fingerprint density at radius 2 is 0.649 bits per heavy atom. The summed E-state index contributed by atoms with van der Waals surface area (Å²) in [6.07, 6.45) is 0. The van der Waals surface area contributed by atoms with Crippen molar-refractivity contribution in [2.24, 2.45) is 0 Å². The molecule has 57 heavy (non-hydrogen) atoms. The van der Waals surface area contributed by atoms with Crippen LogP contribution in [0.25, 0.3) is 89.5 Å². The van der Waals surface area contributed by atoms with Crippen LogP contribution in [-0.2, 0) is 0 Å². The zero-order valence-electron chi connectivity index (χ0n) is 32.0. The van der Waals surface area contributed by atoms with Crippen LogP contribution < -0.4 is 10.4 Å². The van der Waals surface area contributed by atoms with E-state index in [9.17, 15) is 0 Å². The quantitative estimate of drug-likeness (QED) is 0.152. The minimum atomic E-state index is -2.11. The van der Waals surface area contributed by atoms with Crippen LogP contribution in [0, 0.1) is 0 Å². The summed E-state index contributed by atoms with van der Waals surface area (Å²) < 4.78 is 0. The Labute approximate surface area is 335 Å². The zero-order valence-corrected chi connectivity index (χ0v) is 33.0. The lowest BCUT2D eigenvalue weighted by atomic mass is 9.92. The van der Waals surface area contributed by atoms with Gasteiger partial charge in [0.05, 0.1) is 11.4 Å². The van der Waals surface area contributed by atoms with Gasteiger partial charge in [-0.25, -0.2) is 9.97 Å². The molecule has 1 aliphatic rings. The summed E-state index contributed by atoms with van der Waals surface area (Å²) in [5.41, 5.74) is 17.3. The van der Waals surface area contributed by atoms with E-state index in [1.807, 2.05) is 0 Å². The van der Waals surface area contributed by atoms with Gasteiger partial charge in [-0.1, -0.05) is 183 Å². The topological polar surface area (TPSA) is 25.8 Å². The highest BCUT2D eigenvalue weighted by atomic mass is 28.3. The van der Waals surface area contributed by atoms with Crippen LogP contribution in [0.2, 0.25) is 13.1 Å². The molecule has 0 spiro atoms. The van der Waals surface area contributed by atoms with Gasteiger partial charge in [0.1, 0.15) is 8.07 Å². The van der Waals surface area contributed by atoms with Gasteiger partial charge in [0.15, 0.2) is 5.82 Å². The molecule has 270 valence electrons. The van der Waals surface area contributed by atoms with E-state index in [-0.39, 0.29) is 0 Å². The van der Waals surface area contributed by atoms with Crippen molar-refractivity contribution in [2.75, 3.05) is 0 Å². The molecule has 0 N–H and O–H groups in total. The highest BCUT2D eigenvalue weighted by Gasteiger charge is 2.41. The van der Waals surface area contributed by atoms with Crippen LogP contribution in [0.15, 0.2) is 206 Å². The zero-order chi connectivity index (χ0) is 38.3. The van der Waals surface area contributed by atoms with Crippen molar-refractivity contribution >= 4 is 18.4 Å². The molecular weight excluding hydrogens is 705 g/mol. The summed E-state index contributed by atoms with van der Waals surface area (Å²) in [4.78, 5) is 10.9. The lowest BCUT2D eigenvalue weighted by Gasteiger charge is -2.22. The molecule has 2 nitrogen and oxygen atoms in total. The van der Waals surface area contributed by atoms with Gasteiger partial charge < -0.3 is 0 Å². The standard InChI is InChI=1S/C54H40N2Si/c1-57(2)50-30-13-12-29-49(50)52-53(57)51(44-27-15-23-40(32-44)37-17-6-3-7-18-37)55-54(56-52)45-28-16-25-42(33-45)41-24-14-26-43(31-41)48-35-46(38-19-8-4-9-20-38)34-47(36-48)39-21-10-5-11-22-39/h3-36H,1-2H3. The smallest absolute Gasteiger partial charge is 0.160 e. The second-order valence-electron chi connectivity index (χ2n) is 15.4. The van der Waals surface area contributed by atoms with E-state index < -0.39 is 8.07 Å². The minimum Gasteiger partial charge on any atom is -0.228 e. The Bertz CT molecular complexity index is 2860. The molecule has 0 fully saturated rings. The van der Waals surface area contributed by atoms with Crippen molar-refractivity contribution in [3.63, 3.8) is 0 Å². The van der Waals surface area contributed by atoms with Gasteiger partial charge in [-0.3, -0.25) is 0 Å². The van der Waals surface area contributed by atoms with Crippen LogP contribution in [-0.4, -0.2) is 18.0 Å². The monoisotopic (exact) mass is 744 g/mol. The molecule has 0 amide bonds. The van der Waals surface area contributed by atoms with Crippen molar-refractivity contribution < 1.29 is 0 Å². The molecule has 0 saturated carbocycles. The number of fused-ring (bicyclic) bond motifs is 3. The molecule has 3 heteroatoms. The first-order valence-corrected chi connectivity index (χ1v) is 22.6. The molecule has 0 bridgehead atoms. The maximum absolute atomic E-state index is 5.50. The molecule has 0 aliphatic carbocycles. The van der Waals surface area contributed by atoms with Crippen LogP contribution in [0.4, 0.5) is 0 Å². The van der Waals surface area contributed by atoms with Crippen molar-refractivity contribution in [1.82, 2.24) is 9.97 Å². The van der Waals surface area contributed by atoms with E-state index in [0.29, 0.717) is 0 Å². The lowest BCUT2D eigenvalue weighted by Crippen LogP contribution is -2.50. The molecule has 1 aliphatic heterocycles. The Morgan fingerprint density at radius 1 is 0.298 bits per heavy atom. The number of benzene rings is 8. The Kier molecular flexibility index (Phi) is 8.66. The molecule has 0 unspecified atom stereocenters. The first kappa shape index (κ1) is 34.5. The maximum Gasteiger partial charge on any atom is 0.160 e. The van der Waals surface area contributed by atoms with Gasteiger partial charge in [-0.15, -0.1) is 0 Å². The predicted molar refractivity (Wildman–Crippen MR) is 242 cm³/mol. The fraction of sp³-hybridized carbons (Fsp3) is 0.0370. The minimum absolute atomic E-state index is 0.747. The number of nitrogens with zero attached hydrogens (tertiary/aromatic N) is 2. The summed E-state index contributed by atoms with van der Waals surface area (Å²) in [6.45, 7) is 4.88. The molecule has 0 saturated heterocycles. The Morgan fingerprint density at radius 3 is 1.23 bits per heavy atom. The average molecular weight is 745 g/mol. The molecule has 0 radical (unpaired) electrons. The molecule has 2 heterocycles. The normalized spacial score (nSPS) is 12.5. The van der Waals surface area contributed by atoms with Crippen LogP contribution in [0.1, 0.15) is 0 Å². The summed E-state index contributed by atoms with van der Waals surface area (Å²) in [6, 6.07) is 74.2. The molecule has 10 rings (SSSR count). The average Bonchev–Trinajstić information content (AvgIpc) is 3.52. The van der Waals surface area contributed by atoms with E-state index >= 15 is 0 Å². The van der Waals surface area contributed by atoms with Gasteiger partial charge in [0, 0.05) is 11.1 Å². The number of hydrogen-bond donors (Lipinski definition) is 0. The molecule has 9 aromatic rings. The fourth-order valence-electron chi connectivity index (χ4n) is 8.54. The third-order valence-corrected chi connectivity index (χ3v) is 14.9. The van der Waals surface area contributed by atoms with Gasteiger partial charge in [0.2, 0.25) is 0 Å². The van der Waals surface area contributed by atoms with E-state index in [0.717, 1.165) is 39.5 Å².